The van der Waals surface area contributed by atoms with Crippen LogP contribution < -0.4 is 20.0 Å². The maximum absolute atomic E-state index is 12.8. The van der Waals surface area contributed by atoms with Crippen LogP contribution in [0.1, 0.15) is 131 Å². The topological polar surface area (TPSA) is 251 Å². The number of alkyl halides is 6. The van der Waals surface area contributed by atoms with Crippen LogP contribution in [0.5, 0.6) is 5.75 Å². The van der Waals surface area contributed by atoms with Gasteiger partial charge in [-0.1, -0.05) is 12.2 Å². The number of nitrogens with zero attached hydrogens (tertiary/aromatic N) is 2. The van der Waals surface area contributed by atoms with Gasteiger partial charge in [-0.3, -0.25) is 9.80 Å². The zero-order valence-corrected chi connectivity index (χ0v) is 88.3. The number of rotatable bonds is 16. The standard InChI is InChI=1S/C17H22I3NO2.2C14H16I3NO2.C13H14I3NO3.C7H4I2O3.C4H2F6O3/c1-16(2)8-10(9-17(3,4)21(16)5)23-15(22)13-11(18)6-7-12(19)14(13)20;2*15-10-8-11(13(17)12(16)9-10)14(19)20-7-6-18-4-2-1-3-5-18;14-9-7-10(12(16)11(15)8-9)13(18)20-6-3-17-1-4-19-5-2-17;8-3-1-2-4(9)6(10)5(3)7(11)12;5-3(6,7)2(13,1(11)12)4(8,9)10/h6-7,10H,8-9H2,1-5H3;2*8-9H,1-7H2;7-8H,1-6H2;1-2,10H,(H,11,12);13H,(H,11,12). The van der Waals surface area contributed by atoms with Crippen molar-refractivity contribution in [2.45, 2.75) is 114 Å². The molecule has 0 bridgehead atoms. The Morgan fingerprint density at radius 2 is 0.889 bits per heavy atom. The zero-order valence-electron chi connectivity index (χ0n) is 58.1. The molecule has 39 heteroatoms. The summed E-state index contributed by atoms with van der Waals surface area (Å²) in [5, 5.41) is 37.3. The van der Waals surface area contributed by atoms with Gasteiger partial charge < -0.3 is 58.7 Å². The number of hydrogen-bond donors (Lipinski definition) is 4. The van der Waals surface area contributed by atoms with Gasteiger partial charge in [0.05, 0.1) is 60.1 Å². The number of ether oxygens (including phenoxy) is 5. The maximum Gasteiger partial charge on any atom is 0.431 e. The lowest BCUT2D eigenvalue weighted by Crippen LogP contribution is -3.14. The minimum atomic E-state index is -6.37. The van der Waals surface area contributed by atoms with Gasteiger partial charge in [-0.15, -0.1) is 0 Å². The summed E-state index contributed by atoms with van der Waals surface area (Å²) >= 11 is 30.4. The minimum absolute atomic E-state index is 0.0120. The molecule has 4 heterocycles. The predicted octanol–water partition coefficient (Wildman–Crippen LogP) is 15.0. The summed E-state index contributed by atoms with van der Waals surface area (Å²) in [6.45, 7) is 21.3. The van der Waals surface area contributed by atoms with Crippen molar-refractivity contribution < 1.29 is 109 Å². The van der Waals surface area contributed by atoms with Gasteiger partial charge in [0.15, 0.2) is 0 Å². The van der Waals surface area contributed by atoms with E-state index in [1.54, 1.807) is 17.0 Å². The van der Waals surface area contributed by atoms with Crippen molar-refractivity contribution >= 4 is 352 Å². The molecule has 19 nitrogen and oxygen atoms in total. The molecule has 0 aliphatic carbocycles. The Kier molecular flexibility index (Phi) is 46.2. The third-order valence-electron chi connectivity index (χ3n) is 17.0. The molecular weight excluding hydrogens is 3020 g/mol. The van der Waals surface area contributed by atoms with Crippen molar-refractivity contribution in [3.63, 3.8) is 0 Å². The SMILES string of the molecule is CN1C(C)(C)CC(OC(=O)c2c(I)ccc(I)c2I)CC1(C)C.O=C(O)c1c(I)ccc(I)c1[O-].O=C(OCCN1CCCCC1)c1cc(I)cc(I)c1I.O=C(OCC[NH+]1CCCCC1)c1cc(I)cc(I)c1I.O=C(OCC[NH+]1CCOCC1)c1cc(I)cc(I)c1I.O=C([O-])C(O)(C(F)(F)F)C(F)(F)F. The molecule has 4 aliphatic rings. The van der Waals surface area contributed by atoms with Crippen LogP contribution in [0.2, 0.25) is 0 Å². The number of aliphatic carboxylic acids is 1. The second-order valence-electron chi connectivity index (χ2n) is 25.6. The van der Waals surface area contributed by atoms with Crippen LogP contribution in [0.3, 0.4) is 0 Å². The molecule has 0 atom stereocenters. The number of esters is 4. The minimum Gasteiger partial charge on any atom is -0.871 e. The molecule has 0 spiro atoms. The monoisotopic (exact) mass is 3090 g/mol. The van der Waals surface area contributed by atoms with Gasteiger partial charge in [-0.25, -0.2) is 24.0 Å². The smallest absolute Gasteiger partial charge is 0.431 e. The predicted molar refractivity (Wildman–Crippen MR) is 510 cm³/mol. The average Bonchev–Trinajstić information content (AvgIpc) is 0.837. The van der Waals surface area contributed by atoms with E-state index in [0.717, 1.165) is 115 Å². The number of carboxylic acids is 2. The van der Waals surface area contributed by atoms with E-state index >= 15 is 0 Å². The third-order valence-corrected chi connectivity index (χ3v) is 33.7. The number of aromatic carboxylic acids is 1. The third kappa shape index (κ3) is 32.3. The number of morpholine rings is 1. The first-order valence-electron chi connectivity index (χ1n) is 32.6. The summed E-state index contributed by atoms with van der Waals surface area (Å²) in [6, 6.07) is 19.1. The Hall–Kier alpha value is 2.28. The lowest BCUT2D eigenvalue weighted by molar-refractivity contribution is -0.908. The van der Waals surface area contributed by atoms with Crippen LogP contribution in [0.4, 0.5) is 26.3 Å². The molecule has 4 fully saturated rings. The highest BCUT2D eigenvalue weighted by Crippen LogP contribution is 2.43. The van der Waals surface area contributed by atoms with Gasteiger partial charge in [0.2, 0.25) is 0 Å². The lowest BCUT2D eigenvalue weighted by atomic mass is 9.79. The molecule has 5 aromatic rings. The molecule has 108 heavy (non-hydrogen) atoms. The molecule has 9 rings (SSSR count). The number of carboxylic acid groups (broad SMARTS) is 2. The van der Waals surface area contributed by atoms with E-state index in [1.807, 2.05) is 75.5 Å². The van der Waals surface area contributed by atoms with Crippen LogP contribution in [0, 0.1) is 50.0 Å². The zero-order chi connectivity index (χ0) is 81.6. The quantitative estimate of drug-likeness (QED) is 0.0236. The number of hydrogen-bond acceptors (Lipinski definition) is 16. The number of quaternary nitrogens is 2. The van der Waals surface area contributed by atoms with E-state index in [9.17, 15) is 65.3 Å². The molecule has 4 saturated heterocycles. The summed E-state index contributed by atoms with van der Waals surface area (Å²) in [6.07, 6.45) is -3.26. The van der Waals surface area contributed by atoms with Crippen molar-refractivity contribution in [1.29, 1.82) is 0 Å². The number of piperidine rings is 3. The van der Waals surface area contributed by atoms with Crippen LogP contribution in [-0.2, 0) is 28.5 Å². The summed E-state index contributed by atoms with van der Waals surface area (Å²) in [7, 11) is 2.16. The van der Waals surface area contributed by atoms with Crippen LogP contribution in [0.25, 0.3) is 0 Å². The summed E-state index contributed by atoms with van der Waals surface area (Å²) in [5.41, 5.74) is -3.19. The lowest BCUT2D eigenvalue weighted by Gasteiger charge is -2.53. The van der Waals surface area contributed by atoms with Gasteiger partial charge in [-0.05, 0) is 457 Å². The van der Waals surface area contributed by atoms with Gasteiger partial charge >= 0.3 is 42.2 Å². The van der Waals surface area contributed by atoms with Gasteiger partial charge in [0.1, 0.15) is 52.1 Å². The maximum atomic E-state index is 12.8. The number of likely N-dealkylation sites (tertiary alicyclic amines) is 3. The van der Waals surface area contributed by atoms with Crippen LogP contribution >= 0.6 is 316 Å². The summed E-state index contributed by atoms with van der Waals surface area (Å²) < 4.78 is 110. The number of benzene rings is 5. The van der Waals surface area contributed by atoms with E-state index in [4.69, 9.17) is 33.9 Å². The van der Waals surface area contributed by atoms with E-state index in [0.29, 0.717) is 49.2 Å². The number of nitrogens with one attached hydrogen (secondary N) is 2. The number of carbonyl (C=O) groups is 6. The molecule has 0 aromatic heterocycles. The van der Waals surface area contributed by atoms with E-state index in [1.165, 1.54) is 56.5 Å². The normalized spacial score (nSPS) is 16.3. The first-order chi connectivity index (χ1) is 50.2. The van der Waals surface area contributed by atoms with Gasteiger partial charge in [0, 0.05) is 80.4 Å². The van der Waals surface area contributed by atoms with Crippen LogP contribution in [-0.4, -0.2) is 190 Å². The van der Waals surface area contributed by atoms with Crippen molar-refractivity contribution in [2.24, 2.45) is 0 Å². The van der Waals surface area contributed by atoms with E-state index in [-0.39, 0.29) is 46.6 Å². The van der Waals surface area contributed by atoms with E-state index in [2.05, 4.69) is 334 Å². The highest BCUT2D eigenvalue weighted by Gasteiger charge is 2.72. The fraction of sp³-hybridized carbons (Fsp3) is 0.478. The molecule has 0 unspecified atom stereocenters. The number of halogens is 20. The number of carbonyl (C=O) groups excluding carboxylic acids is 5. The van der Waals surface area contributed by atoms with E-state index < -0.39 is 35.6 Å². The fourth-order valence-corrected chi connectivity index (χ4v) is 21.6. The molecule has 600 valence electrons. The highest BCUT2D eigenvalue weighted by atomic mass is 127. The highest BCUT2D eigenvalue weighted by molar-refractivity contribution is 14.1. The molecule has 0 radical (unpaired) electrons. The average molecular weight is 3090 g/mol. The molecule has 4 aliphatic heterocycles. The Labute approximate surface area is 814 Å². The Morgan fingerprint density at radius 3 is 1.27 bits per heavy atom. The van der Waals surface area contributed by atoms with Crippen LogP contribution in [0.15, 0.2) is 60.7 Å². The Balaban J connectivity index is 0.000000277. The fourth-order valence-electron chi connectivity index (χ4n) is 11.0. The van der Waals surface area contributed by atoms with Crippen molar-refractivity contribution in [2.75, 3.05) is 99.0 Å². The van der Waals surface area contributed by atoms with Gasteiger partial charge in [0.25, 0.3) is 5.60 Å². The second kappa shape index (κ2) is 48.7. The number of aliphatic hydroxyl groups is 1. The Morgan fingerprint density at radius 1 is 0.519 bits per heavy atom. The molecule has 5 aromatic carbocycles. The van der Waals surface area contributed by atoms with Crippen molar-refractivity contribution in [3.05, 3.63) is 138 Å². The molecule has 4 N–H and O–H groups in total. The first kappa shape index (κ1) is 103. The summed E-state index contributed by atoms with van der Waals surface area (Å²) in [4.78, 5) is 77.1. The van der Waals surface area contributed by atoms with Crippen molar-refractivity contribution in [1.82, 2.24) is 9.80 Å². The molecule has 0 saturated carbocycles. The molecular formula is C69H74F6I14N4O15. The van der Waals surface area contributed by atoms with Gasteiger partial charge in [-0.2, -0.15) is 26.3 Å². The summed E-state index contributed by atoms with van der Waals surface area (Å²) in [5.74, 6) is -6.05. The second-order valence-corrected chi connectivity index (χ2v) is 41.8. The first-order valence-corrected chi connectivity index (χ1v) is 47.7. The van der Waals surface area contributed by atoms with Crippen molar-refractivity contribution in [3.8, 4) is 5.75 Å². The largest absolute Gasteiger partial charge is 0.871 e. The molecule has 0 amide bonds. The Bertz CT molecular complexity index is 3680.